The van der Waals surface area contributed by atoms with Gasteiger partial charge in [0.25, 0.3) is 0 Å². The Bertz CT molecular complexity index is 700. The zero-order chi connectivity index (χ0) is 15.5. The minimum Gasteiger partial charge on any atom is -0.325 e. The second kappa shape index (κ2) is 7.62. The molecular weight excluding hydrogens is 308 g/mol. The normalized spacial score (nSPS) is 16.2. The van der Waals surface area contributed by atoms with E-state index in [1.54, 1.807) is 0 Å². The summed E-state index contributed by atoms with van der Waals surface area (Å²) < 4.78 is 0. The molecule has 23 heavy (non-hydrogen) atoms. The fourth-order valence-electron chi connectivity index (χ4n) is 3.00. The van der Waals surface area contributed by atoms with E-state index in [0.717, 1.165) is 25.1 Å². The van der Waals surface area contributed by atoms with Crippen LogP contribution in [0.1, 0.15) is 29.2 Å². The predicted octanol–water partition coefficient (Wildman–Crippen LogP) is 3.63. The van der Waals surface area contributed by atoms with Gasteiger partial charge in [-0.1, -0.05) is 37.3 Å². The van der Waals surface area contributed by atoms with E-state index in [-0.39, 0.29) is 24.4 Å². The monoisotopic (exact) mass is 330 g/mol. The average molecular weight is 331 g/mol. The first-order valence-corrected chi connectivity index (χ1v) is 7.88. The summed E-state index contributed by atoms with van der Waals surface area (Å²) in [6.07, 6.45) is 1.72. The number of anilines is 1. The van der Waals surface area contributed by atoms with Gasteiger partial charge in [-0.05, 0) is 54.2 Å². The molecule has 1 amide bonds. The van der Waals surface area contributed by atoms with Crippen LogP contribution < -0.4 is 10.6 Å². The zero-order valence-electron chi connectivity index (χ0n) is 13.6. The molecule has 0 fully saturated rings. The number of rotatable bonds is 3. The maximum absolute atomic E-state index is 12.5. The molecule has 1 atom stereocenters. The largest absolute Gasteiger partial charge is 0.325 e. The van der Waals surface area contributed by atoms with Crippen LogP contribution in [0.2, 0.25) is 0 Å². The lowest BCUT2D eigenvalue weighted by atomic mass is 9.95. The van der Waals surface area contributed by atoms with Gasteiger partial charge in [-0.15, -0.1) is 12.4 Å². The van der Waals surface area contributed by atoms with Crippen LogP contribution in [0, 0.1) is 6.92 Å². The van der Waals surface area contributed by atoms with Crippen LogP contribution in [0.3, 0.4) is 0 Å². The van der Waals surface area contributed by atoms with Crippen LogP contribution in [-0.4, -0.2) is 11.9 Å². The Morgan fingerprint density at radius 2 is 1.96 bits per heavy atom. The predicted molar refractivity (Wildman–Crippen MR) is 97.2 cm³/mol. The molecule has 0 saturated heterocycles. The molecule has 1 aliphatic rings. The minimum absolute atomic E-state index is 0. The summed E-state index contributed by atoms with van der Waals surface area (Å²) >= 11 is 0. The van der Waals surface area contributed by atoms with Gasteiger partial charge in [0, 0.05) is 12.2 Å². The molecule has 0 spiro atoms. The Morgan fingerprint density at radius 3 is 2.70 bits per heavy atom. The van der Waals surface area contributed by atoms with Gasteiger partial charge in [0.1, 0.15) is 0 Å². The molecule has 2 aromatic carbocycles. The summed E-state index contributed by atoms with van der Waals surface area (Å²) in [7, 11) is 0. The Kier molecular flexibility index (Phi) is 5.80. The van der Waals surface area contributed by atoms with Crippen molar-refractivity contribution in [3.8, 4) is 0 Å². The molecule has 3 rings (SSSR count). The third-order valence-corrected chi connectivity index (χ3v) is 4.40. The summed E-state index contributed by atoms with van der Waals surface area (Å²) in [6, 6.07) is 14.2. The fourth-order valence-corrected chi connectivity index (χ4v) is 3.00. The molecule has 122 valence electrons. The lowest BCUT2D eigenvalue weighted by Gasteiger charge is -2.25. The average Bonchev–Trinajstić information content (AvgIpc) is 2.56. The standard InChI is InChI=1S/C19H22N2O.ClH/c1-3-14-10-17(9-8-13(14)2)21-19(22)18-11-15-6-4-5-7-16(15)12-20-18;/h4-10,18,20H,3,11-12H2,1-2H3,(H,21,22);1H. The summed E-state index contributed by atoms with van der Waals surface area (Å²) in [5, 5.41) is 6.37. The number of aryl methyl sites for hydroxylation is 2. The first-order chi connectivity index (χ1) is 10.7. The number of fused-ring (bicyclic) bond motifs is 1. The van der Waals surface area contributed by atoms with Gasteiger partial charge in [-0.25, -0.2) is 0 Å². The molecule has 2 N–H and O–H groups in total. The zero-order valence-corrected chi connectivity index (χ0v) is 14.4. The third kappa shape index (κ3) is 3.92. The molecular formula is C19H23ClN2O. The van der Waals surface area contributed by atoms with Crippen molar-refractivity contribution in [2.24, 2.45) is 0 Å². The fraction of sp³-hybridized carbons (Fsp3) is 0.316. The van der Waals surface area contributed by atoms with Crippen molar-refractivity contribution in [2.45, 2.75) is 39.3 Å². The molecule has 0 bridgehead atoms. The van der Waals surface area contributed by atoms with Crippen LogP contribution in [0.5, 0.6) is 0 Å². The van der Waals surface area contributed by atoms with E-state index >= 15 is 0 Å². The van der Waals surface area contributed by atoms with E-state index in [0.29, 0.717) is 0 Å². The van der Waals surface area contributed by atoms with Crippen molar-refractivity contribution in [1.29, 1.82) is 0 Å². The van der Waals surface area contributed by atoms with Crippen molar-refractivity contribution in [1.82, 2.24) is 5.32 Å². The maximum Gasteiger partial charge on any atom is 0.241 e. The highest BCUT2D eigenvalue weighted by Gasteiger charge is 2.23. The van der Waals surface area contributed by atoms with E-state index in [1.807, 2.05) is 18.2 Å². The van der Waals surface area contributed by atoms with Gasteiger partial charge in [0.05, 0.1) is 6.04 Å². The number of halogens is 1. The van der Waals surface area contributed by atoms with Gasteiger partial charge in [-0.2, -0.15) is 0 Å². The number of benzene rings is 2. The van der Waals surface area contributed by atoms with Crippen molar-refractivity contribution in [2.75, 3.05) is 5.32 Å². The molecule has 1 aliphatic heterocycles. The molecule has 1 heterocycles. The van der Waals surface area contributed by atoms with Gasteiger partial charge < -0.3 is 10.6 Å². The number of amides is 1. The lowest BCUT2D eigenvalue weighted by molar-refractivity contribution is -0.118. The minimum atomic E-state index is -0.165. The van der Waals surface area contributed by atoms with Gasteiger partial charge >= 0.3 is 0 Å². The topological polar surface area (TPSA) is 41.1 Å². The molecule has 3 nitrogen and oxygen atoms in total. The Morgan fingerprint density at radius 1 is 1.22 bits per heavy atom. The third-order valence-electron chi connectivity index (χ3n) is 4.40. The van der Waals surface area contributed by atoms with Gasteiger partial charge in [-0.3, -0.25) is 4.79 Å². The molecule has 2 aromatic rings. The highest BCUT2D eigenvalue weighted by Crippen LogP contribution is 2.19. The number of nitrogens with one attached hydrogen (secondary N) is 2. The van der Waals surface area contributed by atoms with Crippen molar-refractivity contribution < 1.29 is 4.79 Å². The SMILES string of the molecule is CCc1cc(NC(=O)C2Cc3ccccc3CN2)ccc1C.Cl. The van der Waals surface area contributed by atoms with Crippen LogP contribution in [0.25, 0.3) is 0 Å². The van der Waals surface area contributed by atoms with Crippen LogP contribution in [-0.2, 0) is 24.2 Å². The first-order valence-electron chi connectivity index (χ1n) is 7.88. The summed E-state index contributed by atoms with van der Waals surface area (Å²) in [4.78, 5) is 12.5. The number of carbonyl (C=O) groups excluding carboxylic acids is 1. The highest BCUT2D eigenvalue weighted by atomic mass is 35.5. The summed E-state index contributed by atoms with van der Waals surface area (Å²) in [5.41, 5.74) is 5.98. The molecule has 4 heteroatoms. The molecule has 1 unspecified atom stereocenters. The Hall–Kier alpha value is -1.84. The Balaban J connectivity index is 0.00000192. The molecule has 0 aromatic heterocycles. The first kappa shape index (κ1) is 17.5. The molecule has 0 aliphatic carbocycles. The van der Waals surface area contributed by atoms with Gasteiger partial charge in [0.15, 0.2) is 0 Å². The number of hydrogen-bond donors (Lipinski definition) is 2. The van der Waals surface area contributed by atoms with Crippen molar-refractivity contribution in [3.05, 3.63) is 64.7 Å². The van der Waals surface area contributed by atoms with E-state index in [9.17, 15) is 4.79 Å². The smallest absolute Gasteiger partial charge is 0.241 e. The van der Waals surface area contributed by atoms with Crippen molar-refractivity contribution >= 4 is 24.0 Å². The van der Waals surface area contributed by atoms with Crippen LogP contribution in [0.15, 0.2) is 42.5 Å². The summed E-state index contributed by atoms with van der Waals surface area (Å²) in [6.45, 7) is 4.99. The number of hydrogen-bond acceptors (Lipinski definition) is 2. The highest BCUT2D eigenvalue weighted by molar-refractivity contribution is 5.95. The molecule has 0 saturated carbocycles. The molecule has 0 radical (unpaired) electrons. The Labute approximate surface area is 143 Å². The maximum atomic E-state index is 12.5. The van der Waals surface area contributed by atoms with Crippen LogP contribution in [0.4, 0.5) is 5.69 Å². The number of carbonyl (C=O) groups is 1. The van der Waals surface area contributed by atoms with Crippen molar-refractivity contribution in [3.63, 3.8) is 0 Å². The van der Waals surface area contributed by atoms with Gasteiger partial charge in [0.2, 0.25) is 5.91 Å². The van der Waals surface area contributed by atoms with E-state index in [4.69, 9.17) is 0 Å². The van der Waals surface area contributed by atoms with Crippen LogP contribution >= 0.6 is 12.4 Å². The summed E-state index contributed by atoms with van der Waals surface area (Å²) in [5.74, 6) is 0.0420. The quantitative estimate of drug-likeness (QED) is 0.902. The van der Waals surface area contributed by atoms with E-state index in [2.05, 4.69) is 48.7 Å². The second-order valence-corrected chi connectivity index (χ2v) is 5.89. The second-order valence-electron chi connectivity index (χ2n) is 5.89. The van der Waals surface area contributed by atoms with E-state index in [1.165, 1.54) is 22.3 Å². The lowest BCUT2D eigenvalue weighted by Crippen LogP contribution is -2.44. The van der Waals surface area contributed by atoms with E-state index < -0.39 is 0 Å².